The molecule has 0 heterocycles. The third-order valence-electron chi connectivity index (χ3n) is 2.59. The Morgan fingerprint density at radius 2 is 1.95 bits per heavy atom. The first-order chi connectivity index (χ1) is 10.3. The van der Waals surface area contributed by atoms with Crippen LogP contribution >= 0.6 is 0 Å². The number of hydrogen-bond donors (Lipinski definition) is 2. The summed E-state index contributed by atoms with van der Waals surface area (Å²) in [7, 11) is 0. The molecule has 0 fully saturated rings. The topological polar surface area (TPSA) is 64.3 Å². The van der Waals surface area contributed by atoms with Gasteiger partial charge >= 0.3 is 0 Å². The Morgan fingerprint density at radius 3 is 2.71 bits per heavy atom. The fourth-order valence-electron chi connectivity index (χ4n) is 1.69. The van der Waals surface area contributed by atoms with Crippen LogP contribution in [0.1, 0.15) is 5.56 Å². The minimum Gasteiger partial charge on any atom is -0.484 e. The van der Waals surface area contributed by atoms with Crippen molar-refractivity contribution in [3.05, 3.63) is 60.2 Å². The normalized spacial score (nSPS) is 9.38. The number of nitrogens with one attached hydrogen (secondary N) is 1. The Balaban J connectivity index is 1.90. The maximum Gasteiger partial charge on any atom is 0.262 e. The lowest BCUT2D eigenvalue weighted by atomic mass is 10.2. The first kappa shape index (κ1) is 14.6. The van der Waals surface area contributed by atoms with E-state index in [1.54, 1.807) is 24.3 Å². The standard InChI is InChI=1S/C17H16N2O2/c18-11-5-7-14-6-4-8-15(12-14)19-17(20)13-21-16-9-2-1-3-10-16/h1-4,6,8-10,12H,11,13,18H2,(H,19,20). The Morgan fingerprint density at radius 1 is 1.14 bits per heavy atom. The van der Waals surface area contributed by atoms with Crippen LogP contribution in [0.3, 0.4) is 0 Å². The number of benzene rings is 2. The summed E-state index contributed by atoms with van der Waals surface area (Å²) in [4.78, 5) is 11.8. The van der Waals surface area contributed by atoms with E-state index in [0.717, 1.165) is 5.56 Å². The predicted molar refractivity (Wildman–Crippen MR) is 82.9 cm³/mol. The zero-order valence-electron chi connectivity index (χ0n) is 11.5. The largest absolute Gasteiger partial charge is 0.484 e. The van der Waals surface area contributed by atoms with Gasteiger partial charge in [0.05, 0.1) is 6.54 Å². The van der Waals surface area contributed by atoms with Crippen LogP contribution in [0.2, 0.25) is 0 Å². The SMILES string of the molecule is NCC#Cc1cccc(NC(=O)COc2ccccc2)c1. The summed E-state index contributed by atoms with van der Waals surface area (Å²) in [6.45, 7) is 0.268. The second kappa shape index (κ2) is 7.73. The van der Waals surface area contributed by atoms with Gasteiger partial charge in [0.2, 0.25) is 0 Å². The first-order valence-electron chi connectivity index (χ1n) is 6.54. The molecule has 0 aliphatic rings. The second-order valence-electron chi connectivity index (χ2n) is 4.24. The van der Waals surface area contributed by atoms with Gasteiger partial charge in [0, 0.05) is 11.3 Å². The van der Waals surface area contributed by atoms with Crippen LogP contribution in [0.5, 0.6) is 5.75 Å². The van der Waals surface area contributed by atoms with Crippen LogP contribution < -0.4 is 15.8 Å². The second-order valence-corrected chi connectivity index (χ2v) is 4.24. The van der Waals surface area contributed by atoms with Crippen molar-refractivity contribution >= 4 is 11.6 Å². The lowest BCUT2D eigenvalue weighted by Crippen LogP contribution is -2.20. The number of carbonyl (C=O) groups is 1. The van der Waals surface area contributed by atoms with Crippen LogP contribution in [-0.4, -0.2) is 19.1 Å². The van der Waals surface area contributed by atoms with Crippen LogP contribution in [0, 0.1) is 11.8 Å². The lowest BCUT2D eigenvalue weighted by Gasteiger charge is -2.07. The molecule has 0 aliphatic carbocycles. The van der Waals surface area contributed by atoms with E-state index >= 15 is 0 Å². The third-order valence-corrected chi connectivity index (χ3v) is 2.59. The molecule has 4 nitrogen and oxygen atoms in total. The first-order valence-corrected chi connectivity index (χ1v) is 6.54. The molecule has 0 unspecified atom stereocenters. The minimum absolute atomic E-state index is 0.0390. The summed E-state index contributed by atoms with van der Waals surface area (Å²) in [6, 6.07) is 16.5. The molecule has 2 rings (SSSR count). The summed E-state index contributed by atoms with van der Waals surface area (Å²) in [6.07, 6.45) is 0. The number of ether oxygens (including phenoxy) is 1. The molecular formula is C17H16N2O2. The van der Waals surface area contributed by atoms with Gasteiger partial charge in [0.15, 0.2) is 6.61 Å². The van der Waals surface area contributed by atoms with Gasteiger partial charge in [-0.25, -0.2) is 0 Å². The fraction of sp³-hybridized carbons (Fsp3) is 0.118. The molecule has 0 spiro atoms. The number of amides is 1. The molecule has 0 bridgehead atoms. The molecule has 0 aromatic heterocycles. The van der Waals surface area contributed by atoms with E-state index in [9.17, 15) is 4.79 Å². The lowest BCUT2D eigenvalue weighted by molar-refractivity contribution is -0.118. The van der Waals surface area contributed by atoms with Crippen molar-refractivity contribution < 1.29 is 9.53 Å². The van der Waals surface area contributed by atoms with Gasteiger partial charge in [0.25, 0.3) is 5.91 Å². The molecule has 3 N–H and O–H groups in total. The van der Waals surface area contributed by atoms with Gasteiger partial charge in [-0.05, 0) is 30.3 Å². The molecular weight excluding hydrogens is 264 g/mol. The van der Waals surface area contributed by atoms with E-state index in [-0.39, 0.29) is 12.5 Å². The highest BCUT2D eigenvalue weighted by molar-refractivity contribution is 5.92. The van der Waals surface area contributed by atoms with Gasteiger partial charge in [-0.3, -0.25) is 4.79 Å². The third kappa shape index (κ3) is 5.01. The van der Waals surface area contributed by atoms with Crippen molar-refractivity contribution in [1.82, 2.24) is 0 Å². The number of hydrogen-bond acceptors (Lipinski definition) is 3. The number of anilines is 1. The molecule has 21 heavy (non-hydrogen) atoms. The van der Waals surface area contributed by atoms with E-state index in [1.807, 2.05) is 30.3 Å². The number of nitrogens with two attached hydrogens (primary N) is 1. The highest BCUT2D eigenvalue weighted by Crippen LogP contribution is 2.11. The van der Waals surface area contributed by atoms with Crippen molar-refractivity contribution in [3.8, 4) is 17.6 Å². The average molecular weight is 280 g/mol. The quantitative estimate of drug-likeness (QED) is 0.842. The van der Waals surface area contributed by atoms with E-state index in [1.165, 1.54) is 0 Å². The molecule has 106 valence electrons. The summed E-state index contributed by atoms with van der Waals surface area (Å²) < 4.78 is 5.38. The van der Waals surface area contributed by atoms with Crippen molar-refractivity contribution in [1.29, 1.82) is 0 Å². The minimum atomic E-state index is -0.220. The molecule has 0 saturated heterocycles. The van der Waals surface area contributed by atoms with Crippen molar-refractivity contribution in [2.24, 2.45) is 5.73 Å². The average Bonchev–Trinajstić information content (AvgIpc) is 2.52. The molecule has 4 heteroatoms. The zero-order valence-corrected chi connectivity index (χ0v) is 11.5. The van der Waals surface area contributed by atoms with Crippen molar-refractivity contribution in [2.75, 3.05) is 18.5 Å². The molecule has 0 atom stereocenters. The smallest absolute Gasteiger partial charge is 0.262 e. The zero-order chi connectivity index (χ0) is 14.9. The summed E-state index contributed by atoms with van der Waals surface area (Å²) in [5, 5.41) is 2.77. The summed E-state index contributed by atoms with van der Waals surface area (Å²) in [5.74, 6) is 6.13. The highest BCUT2D eigenvalue weighted by atomic mass is 16.5. The summed E-state index contributed by atoms with van der Waals surface area (Å²) in [5.41, 5.74) is 6.82. The molecule has 0 saturated carbocycles. The van der Waals surface area contributed by atoms with E-state index in [2.05, 4.69) is 17.2 Å². The van der Waals surface area contributed by atoms with Gasteiger partial charge < -0.3 is 15.8 Å². The number of para-hydroxylation sites is 1. The molecule has 0 aliphatic heterocycles. The molecule has 1 amide bonds. The Hall–Kier alpha value is -2.77. The van der Waals surface area contributed by atoms with Gasteiger partial charge in [-0.1, -0.05) is 36.1 Å². The van der Waals surface area contributed by atoms with Crippen LogP contribution in [0.4, 0.5) is 5.69 Å². The summed E-state index contributed by atoms with van der Waals surface area (Å²) >= 11 is 0. The van der Waals surface area contributed by atoms with E-state index in [4.69, 9.17) is 10.5 Å². The van der Waals surface area contributed by atoms with Gasteiger partial charge in [-0.2, -0.15) is 0 Å². The van der Waals surface area contributed by atoms with Crippen molar-refractivity contribution in [3.63, 3.8) is 0 Å². The van der Waals surface area contributed by atoms with Crippen LogP contribution in [0.15, 0.2) is 54.6 Å². The van der Waals surface area contributed by atoms with Crippen molar-refractivity contribution in [2.45, 2.75) is 0 Å². The van der Waals surface area contributed by atoms with Gasteiger partial charge in [-0.15, -0.1) is 0 Å². The fourth-order valence-corrected chi connectivity index (χ4v) is 1.69. The maximum atomic E-state index is 11.8. The number of rotatable bonds is 4. The van der Waals surface area contributed by atoms with Crippen LogP contribution in [-0.2, 0) is 4.79 Å². The maximum absolute atomic E-state index is 11.8. The predicted octanol–water partition coefficient (Wildman–Crippen LogP) is 2.01. The molecule has 0 radical (unpaired) electrons. The molecule has 2 aromatic rings. The monoisotopic (exact) mass is 280 g/mol. The Bertz CT molecular complexity index is 657. The molecule has 2 aromatic carbocycles. The Kier molecular flexibility index (Phi) is 5.39. The van der Waals surface area contributed by atoms with E-state index in [0.29, 0.717) is 18.0 Å². The van der Waals surface area contributed by atoms with Crippen LogP contribution in [0.25, 0.3) is 0 Å². The number of carbonyl (C=O) groups excluding carboxylic acids is 1. The van der Waals surface area contributed by atoms with E-state index < -0.39 is 0 Å². The highest BCUT2D eigenvalue weighted by Gasteiger charge is 2.03. The Labute approximate surface area is 123 Å². The van der Waals surface area contributed by atoms with Gasteiger partial charge in [0.1, 0.15) is 5.75 Å².